The Morgan fingerprint density at radius 3 is 1.45 bits per heavy atom. The molecule has 0 saturated carbocycles. The van der Waals surface area contributed by atoms with Crippen molar-refractivity contribution in [1.82, 2.24) is 0 Å². The van der Waals surface area contributed by atoms with Crippen LogP contribution in [0.1, 0.15) is 5.56 Å². The van der Waals surface area contributed by atoms with E-state index in [1.165, 1.54) is 16.7 Å². The van der Waals surface area contributed by atoms with Gasteiger partial charge in [0, 0.05) is 4.47 Å². The molecule has 0 aliphatic carbocycles. The van der Waals surface area contributed by atoms with Crippen molar-refractivity contribution in [3.63, 3.8) is 0 Å². The van der Waals surface area contributed by atoms with Crippen molar-refractivity contribution in [2.24, 2.45) is 0 Å². The van der Waals surface area contributed by atoms with Crippen LogP contribution in [-0.4, -0.2) is 0 Å². The summed E-state index contributed by atoms with van der Waals surface area (Å²) in [6.07, 6.45) is 0. The lowest BCUT2D eigenvalue weighted by Gasteiger charge is -2.00. The van der Waals surface area contributed by atoms with Crippen LogP contribution in [0.5, 0.6) is 0 Å². The zero-order chi connectivity index (χ0) is 14.2. The zero-order valence-electron chi connectivity index (χ0n) is 11.5. The highest BCUT2D eigenvalue weighted by molar-refractivity contribution is 9.10. The van der Waals surface area contributed by atoms with E-state index in [4.69, 9.17) is 0 Å². The van der Waals surface area contributed by atoms with Gasteiger partial charge in [-0.05, 0) is 30.2 Å². The first-order chi connectivity index (χ1) is 9.75. The summed E-state index contributed by atoms with van der Waals surface area (Å²) in [4.78, 5) is 0. The van der Waals surface area contributed by atoms with Crippen LogP contribution in [0.15, 0.2) is 89.4 Å². The van der Waals surface area contributed by atoms with E-state index < -0.39 is 0 Å². The van der Waals surface area contributed by atoms with E-state index >= 15 is 0 Å². The minimum atomic E-state index is 1.12. The zero-order valence-corrected chi connectivity index (χ0v) is 13.0. The second-order valence-electron chi connectivity index (χ2n) is 4.53. The largest absolute Gasteiger partial charge is 0.0622 e. The predicted molar refractivity (Wildman–Crippen MR) is 90.8 cm³/mol. The van der Waals surface area contributed by atoms with Gasteiger partial charge in [-0.3, -0.25) is 0 Å². The average Bonchev–Trinajstić information content (AvgIpc) is 2.50. The van der Waals surface area contributed by atoms with Gasteiger partial charge in [-0.2, -0.15) is 0 Å². The molecule has 3 rings (SSSR count). The number of hydrogen-bond acceptors (Lipinski definition) is 0. The number of benzene rings is 3. The van der Waals surface area contributed by atoms with Gasteiger partial charge in [0.25, 0.3) is 0 Å². The van der Waals surface area contributed by atoms with Crippen LogP contribution in [-0.2, 0) is 0 Å². The van der Waals surface area contributed by atoms with E-state index in [9.17, 15) is 0 Å². The first-order valence-corrected chi connectivity index (χ1v) is 7.37. The third kappa shape index (κ3) is 4.67. The van der Waals surface area contributed by atoms with Crippen LogP contribution in [0.25, 0.3) is 11.1 Å². The summed E-state index contributed by atoms with van der Waals surface area (Å²) in [6, 6.07) is 29.0. The van der Waals surface area contributed by atoms with Crippen LogP contribution in [0, 0.1) is 6.92 Å². The van der Waals surface area contributed by atoms with Crippen molar-refractivity contribution in [3.8, 4) is 11.1 Å². The summed E-state index contributed by atoms with van der Waals surface area (Å²) in [5.41, 5.74) is 3.83. The second-order valence-corrected chi connectivity index (χ2v) is 5.44. The van der Waals surface area contributed by atoms with Crippen LogP contribution >= 0.6 is 15.9 Å². The maximum atomic E-state index is 3.42. The SMILES string of the molecule is Brc1ccc(-c2ccccc2)cc1.Cc1ccccc1. The Balaban J connectivity index is 0.000000178. The summed E-state index contributed by atoms with van der Waals surface area (Å²) < 4.78 is 1.12. The number of halogens is 1. The topological polar surface area (TPSA) is 0 Å². The van der Waals surface area contributed by atoms with Crippen molar-refractivity contribution >= 4 is 15.9 Å². The lowest BCUT2D eigenvalue weighted by Crippen LogP contribution is -1.75. The minimum absolute atomic E-state index is 1.12. The predicted octanol–water partition coefficient (Wildman–Crippen LogP) is 6.11. The van der Waals surface area contributed by atoms with Crippen LogP contribution < -0.4 is 0 Å². The molecule has 0 aliphatic heterocycles. The molecule has 0 unspecified atom stereocenters. The van der Waals surface area contributed by atoms with Gasteiger partial charge in [0.05, 0.1) is 0 Å². The summed E-state index contributed by atoms with van der Waals surface area (Å²) in [5, 5.41) is 0. The van der Waals surface area contributed by atoms with Crippen LogP contribution in [0.3, 0.4) is 0 Å². The van der Waals surface area contributed by atoms with Gasteiger partial charge in [0.15, 0.2) is 0 Å². The molecule has 0 bridgehead atoms. The van der Waals surface area contributed by atoms with E-state index in [1.807, 2.05) is 24.3 Å². The number of aryl methyl sites for hydroxylation is 1. The highest BCUT2D eigenvalue weighted by Crippen LogP contribution is 2.20. The molecule has 100 valence electrons. The Kier molecular flexibility index (Phi) is 5.57. The molecule has 0 aliphatic rings. The quantitative estimate of drug-likeness (QED) is 0.506. The van der Waals surface area contributed by atoms with Crippen LogP contribution in [0.2, 0.25) is 0 Å². The van der Waals surface area contributed by atoms with Crippen molar-refractivity contribution in [1.29, 1.82) is 0 Å². The summed E-state index contributed by atoms with van der Waals surface area (Å²) in [6.45, 7) is 2.08. The third-order valence-electron chi connectivity index (χ3n) is 2.89. The Morgan fingerprint density at radius 2 is 1.00 bits per heavy atom. The Labute approximate surface area is 129 Å². The first-order valence-electron chi connectivity index (χ1n) is 6.58. The molecule has 0 fully saturated rings. The standard InChI is InChI=1S/C12H9Br.C7H8/c13-12-8-6-11(7-9-12)10-4-2-1-3-5-10;1-7-5-3-2-4-6-7/h1-9H;2-6H,1H3. The fraction of sp³-hybridized carbons (Fsp3) is 0.0526. The normalized spacial score (nSPS) is 9.50. The van der Waals surface area contributed by atoms with Gasteiger partial charge in [0.1, 0.15) is 0 Å². The molecule has 0 heterocycles. The molecule has 0 N–H and O–H groups in total. The molecule has 0 amide bonds. The lowest BCUT2D eigenvalue weighted by atomic mass is 10.1. The van der Waals surface area contributed by atoms with Gasteiger partial charge in [-0.25, -0.2) is 0 Å². The molecule has 0 saturated heterocycles. The summed E-state index contributed by atoms with van der Waals surface area (Å²) in [5.74, 6) is 0. The van der Waals surface area contributed by atoms with E-state index in [2.05, 4.69) is 83.5 Å². The number of hydrogen-bond donors (Lipinski definition) is 0. The Morgan fingerprint density at radius 1 is 0.550 bits per heavy atom. The van der Waals surface area contributed by atoms with E-state index in [-0.39, 0.29) is 0 Å². The summed E-state index contributed by atoms with van der Waals surface area (Å²) in [7, 11) is 0. The molecule has 0 radical (unpaired) electrons. The highest BCUT2D eigenvalue weighted by atomic mass is 79.9. The maximum Gasteiger partial charge on any atom is 0.0175 e. The van der Waals surface area contributed by atoms with Gasteiger partial charge in [-0.1, -0.05) is 94.3 Å². The molecule has 1 heteroatoms. The molecule has 20 heavy (non-hydrogen) atoms. The molecule has 0 spiro atoms. The van der Waals surface area contributed by atoms with Crippen molar-refractivity contribution in [2.45, 2.75) is 6.92 Å². The average molecular weight is 325 g/mol. The summed E-state index contributed by atoms with van der Waals surface area (Å²) >= 11 is 3.42. The molecular weight excluding hydrogens is 308 g/mol. The van der Waals surface area contributed by atoms with Gasteiger partial charge in [0.2, 0.25) is 0 Å². The molecule has 0 atom stereocenters. The number of rotatable bonds is 1. The van der Waals surface area contributed by atoms with Gasteiger partial charge in [-0.15, -0.1) is 0 Å². The fourth-order valence-corrected chi connectivity index (χ4v) is 2.07. The molecule has 3 aromatic carbocycles. The fourth-order valence-electron chi connectivity index (χ4n) is 1.81. The van der Waals surface area contributed by atoms with Crippen LogP contribution in [0.4, 0.5) is 0 Å². The Hall–Kier alpha value is -1.86. The maximum absolute atomic E-state index is 3.42. The minimum Gasteiger partial charge on any atom is -0.0622 e. The lowest BCUT2D eigenvalue weighted by molar-refractivity contribution is 1.48. The van der Waals surface area contributed by atoms with E-state index in [0.29, 0.717) is 0 Å². The van der Waals surface area contributed by atoms with Gasteiger partial charge < -0.3 is 0 Å². The van der Waals surface area contributed by atoms with E-state index in [0.717, 1.165) is 4.47 Å². The highest BCUT2D eigenvalue weighted by Gasteiger charge is 1.94. The van der Waals surface area contributed by atoms with Crippen molar-refractivity contribution < 1.29 is 0 Å². The Bertz CT molecular complexity index is 613. The molecular formula is C19H17Br. The smallest absolute Gasteiger partial charge is 0.0175 e. The van der Waals surface area contributed by atoms with Crippen molar-refractivity contribution in [3.05, 3.63) is 95.0 Å². The third-order valence-corrected chi connectivity index (χ3v) is 3.42. The monoisotopic (exact) mass is 324 g/mol. The molecule has 0 aromatic heterocycles. The van der Waals surface area contributed by atoms with E-state index in [1.54, 1.807) is 0 Å². The molecule has 0 nitrogen and oxygen atoms in total. The molecule has 3 aromatic rings. The second kappa shape index (κ2) is 7.66. The van der Waals surface area contributed by atoms with Crippen molar-refractivity contribution in [2.75, 3.05) is 0 Å². The first kappa shape index (κ1) is 14.5. The van der Waals surface area contributed by atoms with Gasteiger partial charge >= 0.3 is 0 Å².